The van der Waals surface area contributed by atoms with Crippen LogP contribution in [0.3, 0.4) is 0 Å². The summed E-state index contributed by atoms with van der Waals surface area (Å²) in [6, 6.07) is 10.5. The standard InChI is InChI=1S/C17H16FN5/c1-11-9-13(3-4-14(11)18)21-16-10-15(22-17(19-2)23-16)12-5-7-20-8-6-12/h3-10H,1-2H3,(H2,19,21,22,23). The second-order valence-corrected chi connectivity index (χ2v) is 5.04. The lowest BCUT2D eigenvalue weighted by Gasteiger charge is -2.10. The Bertz CT molecular complexity index is 820. The first kappa shape index (κ1) is 14.9. The first-order valence-corrected chi connectivity index (χ1v) is 7.16. The van der Waals surface area contributed by atoms with Gasteiger partial charge in [-0.05, 0) is 42.8 Å². The minimum absolute atomic E-state index is 0.230. The largest absolute Gasteiger partial charge is 0.357 e. The first-order chi connectivity index (χ1) is 11.2. The van der Waals surface area contributed by atoms with Crippen molar-refractivity contribution in [2.24, 2.45) is 0 Å². The molecule has 3 rings (SSSR count). The number of benzene rings is 1. The van der Waals surface area contributed by atoms with Crippen molar-refractivity contribution in [3.8, 4) is 11.3 Å². The summed E-state index contributed by atoms with van der Waals surface area (Å²) in [5.41, 5.74) is 3.06. The van der Waals surface area contributed by atoms with E-state index in [0.717, 1.165) is 16.9 Å². The van der Waals surface area contributed by atoms with Crippen molar-refractivity contribution in [1.29, 1.82) is 0 Å². The van der Waals surface area contributed by atoms with Crippen molar-refractivity contribution in [2.45, 2.75) is 6.92 Å². The molecule has 2 N–H and O–H groups in total. The highest BCUT2D eigenvalue weighted by molar-refractivity contribution is 5.67. The van der Waals surface area contributed by atoms with Crippen LogP contribution >= 0.6 is 0 Å². The fourth-order valence-electron chi connectivity index (χ4n) is 2.16. The third-order valence-electron chi connectivity index (χ3n) is 3.36. The number of anilines is 3. The van der Waals surface area contributed by atoms with Crippen molar-refractivity contribution < 1.29 is 4.39 Å². The SMILES string of the molecule is CNc1nc(Nc2ccc(F)c(C)c2)cc(-c2ccncc2)n1. The Kier molecular flexibility index (Phi) is 4.14. The average Bonchev–Trinajstić information content (AvgIpc) is 2.58. The van der Waals surface area contributed by atoms with Gasteiger partial charge in [0.2, 0.25) is 5.95 Å². The molecule has 0 unspecified atom stereocenters. The zero-order chi connectivity index (χ0) is 16.2. The van der Waals surface area contributed by atoms with Crippen LogP contribution < -0.4 is 10.6 Å². The van der Waals surface area contributed by atoms with Crippen LogP contribution in [0.15, 0.2) is 48.8 Å². The summed E-state index contributed by atoms with van der Waals surface area (Å²) in [6.45, 7) is 1.72. The molecule has 6 heteroatoms. The molecule has 23 heavy (non-hydrogen) atoms. The monoisotopic (exact) mass is 309 g/mol. The number of pyridine rings is 1. The predicted molar refractivity (Wildman–Crippen MR) is 89.2 cm³/mol. The van der Waals surface area contributed by atoms with Crippen molar-refractivity contribution in [2.75, 3.05) is 17.7 Å². The van der Waals surface area contributed by atoms with Gasteiger partial charge in [0.1, 0.15) is 11.6 Å². The quantitative estimate of drug-likeness (QED) is 0.768. The van der Waals surface area contributed by atoms with Gasteiger partial charge in [-0.3, -0.25) is 4.98 Å². The molecule has 0 aliphatic rings. The van der Waals surface area contributed by atoms with E-state index in [0.29, 0.717) is 17.3 Å². The summed E-state index contributed by atoms with van der Waals surface area (Å²) in [6.07, 6.45) is 3.43. The average molecular weight is 309 g/mol. The normalized spacial score (nSPS) is 10.4. The van der Waals surface area contributed by atoms with E-state index in [4.69, 9.17) is 0 Å². The Morgan fingerprint density at radius 2 is 1.78 bits per heavy atom. The van der Waals surface area contributed by atoms with Crippen LogP contribution in [0.4, 0.5) is 21.8 Å². The molecule has 0 fully saturated rings. The molecule has 2 heterocycles. The van der Waals surface area contributed by atoms with Crippen LogP contribution in [0.25, 0.3) is 11.3 Å². The van der Waals surface area contributed by atoms with E-state index >= 15 is 0 Å². The Labute approximate surface area is 133 Å². The van der Waals surface area contributed by atoms with E-state index < -0.39 is 0 Å². The molecule has 0 spiro atoms. The van der Waals surface area contributed by atoms with Crippen LogP contribution in [-0.2, 0) is 0 Å². The van der Waals surface area contributed by atoms with E-state index in [1.54, 1.807) is 38.5 Å². The summed E-state index contributed by atoms with van der Waals surface area (Å²) in [5, 5.41) is 6.13. The maximum atomic E-state index is 13.4. The molecule has 1 aromatic carbocycles. The molecule has 116 valence electrons. The summed E-state index contributed by atoms with van der Waals surface area (Å²) in [4.78, 5) is 12.8. The Balaban J connectivity index is 1.97. The van der Waals surface area contributed by atoms with E-state index in [-0.39, 0.29) is 5.82 Å². The van der Waals surface area contributed by atoms with Gasteiger partial charge in [0.05, 0.1) is 5.69 Å². The van der Waals surface area contributed by atoms with Gasteiger partial charge in [-0.15, -0.1) is 0 Å². The third kappa shape index (κ3) is 3.42. The molecule has 0 saturated carbocycles. The molecule has 0 bridgehead atoms. The molecule has 0 atom stereocenters. The highest BCUT2D eigenvalue weighted by Crippen LogP contribution is 2.24. The molecule has 0 amide bonds. The predicted octanol–water partition coefficient (Wildman–Crippen LogP) is 3.77. The molecule has 0 radical (unpaired) electrons. The molecule has 0 aliphatic carbocycles. The van der Waals surface area contributed by atoms with Gasteiger partial charge in [0.15, 0.2) is 0 Å². The fraction of sp³-hybridized carbons (Fsp3) is 0.118. The fourth-order valence-corrected chi connectivity index (χ4v) is 2.16. The number of nitrogens with one attached hydrogen (secondary N) is 2. The Morgan fingerprint density at radius 3 is 2.48 bits per heavy atom. The zero-order valence-electron chi connectivity index (χ0n) is 12.8. The van der Waals surface area contributed by atoms with Crippen molar-refractivity contribution >= 4 is 17.5 Å². The molecule has 3 aromatic rings. The molecular formula is C17H16FN5. The summed E-state index contributed by atoms with van der Waals surface area (Å²) < 4.78 is 13.4. The smallest absolute Gasteiger partial charge is 0.224 e. The first-order valence-electron chi connectivity index (χ1n) is 7.16. The molecule has 0 saturated heterocycles. The maximum Gasteiger partial charge on any atom is 0.224 e. The highest BCUT2D eigenvalue weighted by Gasteiger charge is 2.07. The number of nitrogens with zero attached hydrogens (tertiary/aromatic N) is 3. The van der Waals surface area contributed by atoms with Crippen molar-refractivity contribution in [3.05, 3.63) is 60.2 Å². The van der Waals surface area contributed by atoms with Gasteiger partial charge in [-0.1, -0.05) is 0 Å². The summed E-state index contributed by atoms with van der Waals surface area (Å²) >= 11 is 0. The van der Waals surface area contributed by atoms with E-state index in [1.165, 1.54) is 6.07 Å². The summed E-state index contributed by atoms with van der Waals surface area (Å²) in [5.74, 6) is 0.898. The zero-order valence-corrected chi connectivity index (χ0v) is 12.8. The number of hydrogen-bond donors (Lipinski definition) is 2. The van der Waals surface area contributed by atoms with Gasteiger partial charge >= 0.3 is 0 Å². The van der Waals surface area contributed by atoms with Crippen molar-refractivity contribution in [3.63, 3.8) is 0 Å². The number of hydrogen-bond acceptors (Lipinski definition) is 5. The van der Waals surface area contributed by atoms with Gasteiger partial charge < -0.3 is 10.6 Å². The van der Waals surface area contributed by atoms with Crippen LogP contribution in [0.1, 0.15) is 5.56 Å². The Hall–Kier alpha value is -3.02. The third-order valence-corrected chi connectivity index (χ3v) is 3.36. The van der Waals surface area contributed by atoms with E-state index in [9.17, 15) is 4.39 Å². The van der Waals surface area contributed by atoms with Crippen LogP contribution in [0, 0.1) is 12.7 Å². The lowest BCUT2D eigenvalue weighted by molar-refractivity contribution is 0.619. The topological polar surface area (TPSA) is 62.7 Å². The number of aromatic nitrogens is 3. The molecule has 5 nitrogen and oxygen atoms in total. The van der Waals surface area contributed by atoms with Gasteiger partial charge in [-0.2, -0.15) is 4.98 Å². The Morgan fingerprint density at radius 1 is 1.00 bits per heavy atom. The van der Waals surface area contributed by atoms with Crippen molar-refractivity contribution in [1.82, 2.24) is 15.0 Å². The van der Waals surface area contributed by atoms with Crippen LogP contribution in [-0.4, -0.2) is 22.0 Å². The summed E-state index contributed by atoms with van der Waals surface area (Å²) in [7, 11) is 1.76. The molecular weight excluding hydrogens is 293 g/mol. The second-order valence-electron chi connectivity index (χ2n) is 5.04. The highest BCUT2D eigenvalue weighted by atomic mass is 19.1. The number of halogens is 1. The lowest BCUT2D eigenvalue weighted by Crippen LogP contribution is -2.02. The minimum atomic E-state index is -0.230. The molecule has 0 aliphatic heterocycles. The number of aryl methyl sites for hydroxylation is 1. The van der Waals surface area contributed by atoms with E-state index in [1.807, 2.05) is 18.2 Å². The second kappa shape index (κ2) is 6.39. The minimum Gasteiger partial charge on any atom is -0.357 e. The lowest BCUT2D eigenvalue weighted by atomic mass is 10.2. The van der Waals surface area contributed by atoms with E-state index in [2.05, 4.69) is 25.6 Å². The molecule has 2 aromatic heterocycles. The maximum absolute atomic E-state index is 13.4. The number of rotatable bonds is 4. The van der Waals surface area contributed by atoms with Crippen LogP contribution in [0.5, 0.6) is 0 Å². The van der Waals surface area contributed by atoms with Gasteiger partial charge in [0.25, 0.3) is 0 Å². The van der Waals surface area contributed by atoms with Gasteiger partial charge in [0, 0.05) is 36.8 Å². The van der Waals surface area contributed by atoms with Gasteiger partial charge in [-0.25, -0.2) is 9.37 Å². The van der Waals surface area contributed by atoms with Crippen LogP contribution in [0.2, 0.25) is 0 Å².